The second-order valence-corrected chi connectivity index (χ2v) is 9.87. The molecule has 1 aromatic heterocycles. The summed E-state index contributed by atoms with van der Waals surface area (Å²) in [7, 11) is 0. The molecular weight excluding hydrogens is 506 g/mol. The largest absolute Gasteiger partial charge is 0.493 e. The third-order valence-corrected chi connectivity index (χ3v) is 7.19. The fraction of sp³-hybridized carbons (Fsp3) is 0.138. The van der Waals surface area contributed by atoms with Crippen molar-refractivity contribution in [3.8, 4) is 5.75 Å². The number of amides is 1. The minimum Gasteiger partial charge on any atom is -0.493 e. The quantitative estimate of drug-likeness (QED) is 0.385. The van der Waals surface area contributed by atoms with Gasteiger partial charge in [-0.25, -0.2) is 4.99 Å². The van der Waals surface area contributed by atoms with E-state index in [4.69, 9.17) is 16.3 Å². The molecule has 0 aliphatic carbocycles. The zero-order valence-electron chi connectivity index (χ0n) is 20.3. The van der Waals surface area contributed by atoms with Crippen molar-refractivity contribution in [1.82, 2.24) is 4.57 Å². The van der Waals surface area contributed by atoms with Crippen molar-refractivity contribution >= 4 is 40.6 Å². The standard InChI is InChI=1S/C29H24ClN3O3S/c1-3-36-23-15-14-21(30)16-20(23)17-24-28(35)33-26(19-10-6-4-7-11-19)25(18(2)31-29(33)37-24)27(34)32-22-12-8-5-9-13-22/h4-17,26H,3H2,1-2H3,(H,32,34). The molecule has 3 aromatic carbocycles. The molecule has 5 rings (SSSR count). The van der Waals surface area contributed by atoms with E-state index in [0.717, 1.165) is 5.56 Å². The number of fused-ring (bicyclic) bond motifs is 1. The van der Waals surface area contributed by atoms with Crippen LogP contribution in [0.4, 0.5) is 5.69 Å². The first kappa shape index (κ1) is 24.7. The zero-order chi connectivity index (χ0) is 25.9. The Kier molecular flexibility index (Phi) is 7.08. The number of anilines is 1. The minimum absolute atomic E-state index is 0.238. The summed E-state index contributed by atoms with van der Waals surface area (Å²) in [6, 6.07) is 23.4. The number of aromatic nitrogens is 1. The highest BCUT2D eigenvalue weighted by atomic mass is 35.5. The van der Waals surface area contributed by atoms with Gasteiger partial charge in [-0.1, -0.05) is 71.5 Å². The predicted octanol–water partition coefficient (Wildman–Crippen LogP) is 4.93. The molecule has 0 fully saturated rings. The number of carbonyl (C=O) groups is 1. The maximum Gasteiger partial charge on any atom is 0.271 e. The molecule has 2 heterocycles. The van der Waals surface area contributed by atoms with Crippen molar-refractivity contribution in [3.05, 3.63) is 126 Å². The number of rotatable bonds is 6. The van der Waals surface area contributed by atoms with Crippen LogP contribution in [0.5, 0.6) is 5.75 Å². The molecule has 0 bridgehead atoms. The van der Waals surface area contributed by atoms with Gasteiger partial charge in [0.25, 0.3) is 11.5 Å². The lowest BCUT2D eigenvalue weighted by Crippen LogP contribution is -2.40. The molecule has 0 saturated carbocycles. The molecule has 1 atom stereocenters. The van der Waals surface area contributed by atoms with Crippen LogP contribution in [0.1, 0.15) is 31.0 Å². The molecule has 1 aliphatic heterocycles. The van der Waals surface area contributed by atoms with Gasteiger partial charge in [-0.05, 0) is 55.8 Å². The summed E-state index contributed by atoms with van der Waals surface area (Å²) in [5.41, 5.74) is 2.94. The number of thiazole rings is 1. The SMILES string of the molecule is CCOc1ccc(Cl)cc1C=c1sc2n(c1=O)C(c1ccccc1)C(C(=O)Nc1ccccc1)=C(C)N=2. The van der Waals surface area contributed by atoms with Crippen molar-refractivity contribution in [2.45, 2.75) is 19.9 Å². The highest BCUT2D eigenvalue weighted by Gasteiger charge is 2.32. The summed E-state index contributed by atoms with van der Waals surface area (Å²) >= 11 is 7.51. The van der Waals surface area contributed by atoms with Gasteiger partial charge in [0.05, 0.1) is 28.5 Å². The Morgan fingerprint density at radius 2 is 1.81 bits per heavy atom. The van der Waals surface area contributed by atoms with Gasteiger partial charge in [0.2, 0.25) is 0 Å². The van der Waals surface area contributed by atoms with Gasteiger partial charge in [0.1, 0.15) is 5.75 Å². The van der Waals surface area contributed by atoms with E-state index in [-0.39, 0.29) is 11.5 Å². The number of hydrogen-bond donors (Lipinski definition) is 1. The van der Waals surface area contributed by atoms with Crippen LogP contribution < -0.4 is 24.9 Å². The molecule has 4 aromatic rings. The summed E-state index contributed by atoms with van der Waals surface area (Å²) in [5, 5.41) is 3.50. The molecule has 0 spiro atoms. The average Bonchev–Trinajstić information content (AvgIpc) is 3.20. The normalized spacial score (nSPS) is 15.2. The number of nitrogens with one attached hydrogen (secondary N) is 1. The van der Waals surface area contributed by atoms with Crippen molar-refractivity contribution < 1.29 is 9.53 Å². The van der Waals surface area contributed by atoms with Gasteiger partial charge in [0.15, 0.2) is 4.80 Å². The molecule has 37 heavy (non-hydrogen) atoms. The third kappa shape index (κ3) is 5.01. The Balaban J connectivity index is 1.67. The first-order valence-corrected chi connectivity index (χ1v) is 13.0. The summed E-state index contributed by atoms with van der Waals surface area (Å²) < 4.78 is 7.81. The Morgan fingerprint density at radius 3 is 2.51 bits per heavy atom. The van der Waals surface area contributed by atoms with Gasteiger partial charge >= 0.3 is 0 Å². The van der Waals surface area contributed by atoms with Gasteiger partial charge in [-0.2, -0.15) is 0 Å². The molecule has 1 unspecified atom stereocenters. The summed E-state index contributed by atoms with van der Waals surface area (Å²) in [4.78, 5) is 32.6. The van der Waals surface area contributed by atoms with Gasteiger partial charge in [0, 0.05) is 16.3 Å². The van der Waals surface area contributed by atoms with Crippen LogP contribution in [0.15, 0.2) is 99.9 Å². The van der Waals surface area contributed by atoms with Crippen LogP contribution in [-0.2, 0) is 4.79 Å². The van der Waals surface area contributed by atoms with Crippen LogP contribution >= 0.6 is 22.9 Å². The van der Waals surface area contributed by atoms with Crippen LogP contribution in [-0.4, -0.2) is 17.1 Å². The van der Waals surface area contributed by atoms with Crippen molar-refractivity contribution in [2.24, 2.45) is 4.99 Å². The average molecular weight is 530 g/mol. The Hall–Kier alpha value is -3.94. The fourth-order valence-electron chi connectivity index (χ4n) is 4.34. The Labute approximate surface area is 222 Å². The van der Waals surface area contributed by atoms with E-state index in [0.29, 0.717) is 49.2 Å². The van der Waals surface area contributed by atoms with E-state index in [1.54, 1.807) is 35.8 Å². The second-order valence-electron chi connectivity index (χ2n) is 8.43. The van der Waals surface area contributed by atoms with E-state index in [2.05, 4.69) is 10.3 Å². The molecule has 0 radical (unpaired) electrons. The summed E-state index contributed by atoms with van der Waals surface area (Å²) in [6.45, 7) is 4.19. The Bertz CT molecular complexity index is 1680. The Morgan fingerprint density at radius 1 is 1.11 bits per heavy atom. The topological polar surface area (TPSA) is 72.7 Å². The van der Waals surface area contributed by atoms with Crippen LogP contribution in [0.25, 0.3) is 6.08 Å². The molecule has 1 N–H and O–H groups in total. The monoisotopic (exact) mass is 529 g/mol. The maximum atomic E-state index is 13.8. The number of halogens is 1. The summed E-state index contributed by atoms with van der Waals surface area (Å²) in [6.07, 6.45) is 1.77. The van der Waals surface area contributed by atoms with Crippen molar-refractivity contribution in [2.75, 3.05) is 11.9 Å². The van der Waals surface area contributed by atoms with E-state index in [9.17, 15) is 9.59 Å². The number of ether oxygens (including phenoxy) is 1. The number of benzene rings is 3. The van der Waals surface area contributed by atoms with Gasteiger partial charge in [-0.15, -0.1) is 0 Å². The first-order chi connectivity index (χ1) is 18.0. The number of para-hydroxylation sites is 1. The number of nitrogens with zero attached hydrogens (tertiary/aromatic N) is 2. The molecule has 1 amide bonds. The van der Waals surface area contributed by atoms with Crippen LogP contribution in [0.2, 0.25) is 5.02 Å². The first-order valence-electron chi connectivity index (χ1n) is 11.8. The fourth-order valence-corrected chi connectivity index (χ4v) is 5.56. The second kappa shape index (κ2) is 10.6. The highest BCUT2D eigenvalue weighted by molar-refractivity contribution is 7.07. The molecule has 8 heteroatoms. The molecule has 6 nitrogen and oxygen atoms in total. The maximum absolute atomic E-state index is 13.8. The third-order valence-electron chi connectivity index (χ3n) is 5.97. The smallest absolute Gasteiger partial charge is 0.271 e. The van der Waals surface area contributed by atoms with E-state index < -0.39 is 6.04 Å². The zero-order valence-corrected chi connectivity index (χ0v) is 21.8. The summed E-state index contributed by atoms with van der Waals surface area (Å²) in [5.74, 6) is 0.334. The van der Waals surface area contributed by atoms with Crippen LogP contribution in [0, 0.1) is 0 Å². The molecule has 186 valence electrons. The lowest BCUT2D eigenvalue weighted by molar-refractivity contribution is -0.113. The van der Waals surface area contributed by atoms with Gasteiger partial charge in [-0.3, -0.25) is 14.2 Å². The van der Waals surface area contributed by atoms with Gasteiger partial charge < -0.3 is 10.1 Å². The van der Waals surface area contributed by atoms with E-state index in [1.165, 1.54) is 11.3 Å². The number of carbonyl (C=O) groups excluding carboxylic acids is 1. The van der Waals surface area contributed by atoms with E-state index >= 15 is 0 Å². The highest BCUT2D eigenvalue weighted by Crippen LogP contribution is 2.31. The number of allylic oxidation sites excluding steroid dienone is 1. The molecule has 0 saturated heterocycles. The molecule has 1 aliphatic rings. The van der Waals surface area contributed by atoms with Crippen LogP contribution in [0.3, 0.4) is 0 Å². The lowest BCUT2D eigenvalue weighted by atomic mass is 9.95. The predicted molar refractivity (Wildman–Crippen MR) is 148 cm³/mol. The van der Waals surface area contributed by atoms with Crippen molar-refractivity contribution in [1.29, 1.82) is 0 Å². The van der Waals surface area contributed by atoms with Crippen molar-refractivity contribution in [3.63, 3.8) is 0 Å². The lowest BCUT2D eigenvalue weighted by Gasteiger charge is -2.25. The minimum atomic E-state index is -0.631. The number of hydrogen-bond acceptors (Lipinski definition) is 5. The van der Waals surface area contributed by atoms with E-state index in [1.807, 2.05) is 67.6 Å². The molecular formula is C29H24ClN3O3S.